The summed E-state index contributed by atoms with van der Waals surface area (Å²) in [5.74, 6) is 5.37. The van der Waals surface area contributed by atoms with E-state index in [0.29, 0.717) is 6.04 Å². The van der Waals surface area contributed by atoms with E-state index in [2.05, 4.69) is 26.8 Å². The van der Waals surface area contributed by atoms with Gasteiger partial charge in [0.25, 0.3) is 0 Å². The summed E-state index contributed by atoms with van der Waals surface area (Å²) in [6, 6.07) is 0.475. The maximum Gasteiger partial charge on any atom is 0.0222 e. The lowest BCUT2D eigenvalue weighted by Gasteiger charge is -2.14. The van der Waals surface area contributed by atoms with E-state index in [-0.39, 0.29) is 0 Å². The topological polar surface area (TPSA) is 50.1 Å². The van der Waals surface area contributed by atoms with Crippen molar-refractivity contribution >= 4 is 9.39 Å². The molecule has 0 spiro atoms. The van der Waals surface area contributed by atoms with Crippen molar-refractivity contribution in [2.24, 2.45) is 5.84 Å². The van der Waals surface area contributed by atoms with Crippen molar-refractivity contribution in [1.29, 1.82) is 0 Å². The minimum absolute atomic E-state index is 0.475. The Balaban J connectivity index is 3.25. The van der Waals surface area contributed by atoms with Crippen molar-refractivity contribution in [2.75, 3.05) is 6.54 Å². The molecule has 0 aliphatic rings. The molecule has 0 aliphatic heterocycles. The fraction of sp³-hybridized carbons (Fsp3) is 1.00. The molecule has 11 heavy (non-hydrogen) atoms. The number of hydrogen-bond donors (Lipinski definition) is 3. The van der Waals surface area contributed by atoms with E-state index < -0.39 is 0 Å². The van der Waals surface area contributed by atoms with Crippen LogP contribution in [0.5, 0.6) is 0 Å². The van der Waals surface area contributed by atoms with Gasteiger partial charge < -0.3 is 5.09 Å². The molecule has 0 aromatic heterocycles. The normalized spacial score (nSPS) is 13.4. The van der Waals surface area contributed by atoms with Crippen LogP contribution in [-0.4, -0.2) is 12.6 Å². The van der Waals surface area contributed by atoms with Gasteiger partial charge in [0.2, 0.25) is 0 Å². The minimum atomic E-state index is 0.475. The Bertz CT molecular complexity index is 72.1. The molecule has 4 heteroatoms. The summed E-state index contributed by atoms with van der Waals surface area (Å²) in [7, 11) is 2.49. The molecule has 0 heterocycles. The molecule has 2 unspecified atom stereocenters. The largest absolute Gasteiger partial charge is 0.301 e. The van der Waals surface area contributed by atoms with Crippen LogP contribution >= 0.6 is 9.39 Å². The average molecular weight is 177 g/mol. The summed E-state index contributed by atoms with van der Waals surface area (Å²) in [6.07, 6.45) is 4.78. The molecule has 0 bridgehead atoms. The van der Waals surface area contributed by atoms with Gasteiger partial charge in [-0.2, -0.15) is 0 Å². The van der Waals surface area contributed by atoms with Crippen molar-refractivity contribution in [3.63, 3.8) is 0 Å². The maximum atomic E-state index is 5.37. The number of nitrogens with one attached hydrogen (secondary N) is 2. The second-order valence-electron chi connectivity index (χ2n) is 2.75. The molecule has 0 amide bonds. The lowest BCUT2D eigenvalue weighted by molar-refractivity contribution is 0.450. The van der Waals surface area contributed by atoms with Crippen LogP contribution in [-0.2, 0) is 0 Å². The zero-order valence-corrected chi connectivity index (χ0v) is 8.42. The average Bonchev–Trinajstić information content (AvgIpc) is 2.05. The number of rotatable bonds is 7. The number of hydrogen-bond acceptors (Lipinski definition) is 3. The molecule has 0 aromatic rings. The summed E-state index contributed by atoms with van der Waals surface area (Å²) >= 11 is 0. The number of nitrogens with two attached hydrogens (primary N) is 1. The van der Waals surface area contributed by atoms with Crippen molar-refractivity contribution < 1.29 is 0 Å². The lowest BCUT2D eigenvalue weighted by Crippen LogP contribution is -2.36. The fourth-order valence-corrected chi connectivity index (χ4v) is 1.19. The van der Waals surface area contributed by atoms with Crippen LogP contribution in [0.2, 0.25) is 0 Å². The van der Waals surface area contributed by atoms with E-state index in [1.165, 1.54) is 19.3 Å². The van der Waals surface area contributed by atoms with Gasteiger partial charge in [0.05, 0.1) is 0 Å². The van der Waals surface area contributed by atoms with Gasteiger partial charge in [0.15, 0.2) is 0 Å². The Morgan fingerprint density at radius 2 is 2.18 bits per heavy atom. The Labute approximate surface area is 71.7 Å². The predicted octanol–water partition coefficient (Wildman–Crippen LogP) is 0.778. The van der Waals surface area contributed by atoms with Gasteiger partial charge in [0.1, 0.15) is 0 Å². The van der Waals surface area contributed by atoms with E-state index in [9.17, 15) is 0 Å². The molecule has 0 saturated heterocycles. The molecule has 68 valence electrons. The molecule has 4 N–H and O–H groups in total. The van der Waals surface area contributed by atoms with Gasteiger partial charge in [-0.1, -0.05) is 29.2 Å². The molecule has 0 aliphatic carbocycles. The highest BCUT2D eigenvalue weighted by atomic mass is 31.0. The van der Waals surface area contributed by atoms with Gasteiger partial charge in [-0.15, -0.1) is 0 Å². The number of unbranched alkanes of at least 4 members (excludes halogenated alkanes) is 1. The summed E-state index contributed by atoms with van der Waals surface area (Å²) in [5.41, 5.74) is 2.82. The van der Waals surface area contributed by atoms with Gasteiger partial charge in [-0.3, -0.25) is 11.3 Å². The molecule has 0 aromatic carbocycles. The van der Waals surface area contributed by atoms with Crippen LogP contribution < -0.4 is 16.4 Å². The predicted molar refractivity (Wildman–Crippen MR) is 53.0 cm³/mol. The first-order valence-corrected chi connectivity index (χ1v) is 4.82. The SMILES string of the molecule is CCCCC(CCNP)NN. The summed E-state index contributed by atoms with van der Waals surface area (Å²) in [6.45, 7) is 3.20. The third-order valence-corrected chi connectivity index (χ3v) is 2.07. The van der Waals surface area contributed by atoms with Gasteiger partial charge in [-0.25, -0.2) is 0 Å². The van der Waals surface area contributed by atoms with E-state index >= 15 is 0 Å². The minimum Gasteiger partial charge on any atom is -0.301 e. The van der Waals surface area contributed by atoms with E-state index in [1.54, 1.807) is 0 Å². The first kappa shape index (κ1) is 11.3. The Hall–Kier alpha value is 0.310. The molecule has 2 atom stereocenters. The molecule has 0 saturated carbocycles. The highest BCUT2D eigenvalue weighted by Gasteiger charge is 2.03. The Morgan fingerprint density at radius 3 is 2.64 bits per heavy atom. The third kappa shape index (κ3) is 6.70. The standard InChI is InChI=1S/C7H20N3P/c1-2-3-4-7(10-8)5-6-9-11/h7,9-10H,2-6,8,11H2,1H3. The van der Waals surface area contributed by atoms with Crippen LogP contribution in [0.15, 0.2) is 0 Å². The van der Waals surface area contributed by atoms with Crippen LogP contribution in [0.1, 0.15) is 32.6 Å². The van der Waals surface area contributed by atoms with Crippen molar-refractivity contribution in [3.8, 4) is 0 Å². The highest BCUT2D eigenvalue weighted by Crippen LogP contribution is 2.02. The molecule has 0 rings (SSSR count). The molecular formula is C7H20N3P. The summed E-state index contributed by atoms with van der Waals surface area (Å²) in [4.78, 5) is 0. The molecule has 3 nitrogen and oxygen atoms in total. The van der Waals surface area contributed by atoms with Gasteiger partial charge >= 0.3 is 0 Å². The number of hydrazine groups is 1. The Morgan fingerprint density at radius 1 is 1.45 bits per heavy atom. The zero-order chi connectivity index (χ0) is 8.53. The lowest BCUT2D eigenvalue weighted by atomic mass is 10.1. The fourth-order valence-electron chi connectivity index (χ4n) is 1.02. The van der Waals surface area contributed by atoms with Gasteiger partial charge in [0, 0.05) is 12.6 Å². The van der Waals surface area contributed by atoms with Crippen LogP contribution in [0.3, 0.4) is 0 Å². The monoisotopic (exact) mass is 177 g/mol. The molecule has 0 radical (unpaired) electrons. The van der Waals surface area contributed by atoms with E-state index in [4.69, 9.17) is 5.84 Å². The second kappa shape index (κ2) is 8.41. The van der Waals surface area contributed by atoms with Crippen molar-refractivity contribution in [1.82, 2.24) is 10.5 Å². The smallest absolute Gasteiger partial charge is 0.0222 e. The second-order valence-corrected chi connectivity index (χ2v) is 3.16. The van der Waals surface area contributed by atoms with E-state index in [1.807, 2.05) is 0 Å². The highest BCUT2D eigenvalue weighted by molar-refractivity contribution is 7.13. The van der Waals surface area contributed by atoms with Crippen molar-refractivity contribution in [2.45, 2.75) is 38.6 Å². The van der Waals surface area contributed by atoms with Crippen molar-refractivity contribution in [3.05, 3.63) is 0 Å². The zero-order valence-electron chi connectivity index (χ0n) is 7.27. The van der Waals surface area contributed by atoms with E-state index in [0.717, 1.165) is 13.0 Å². The molecule has 0 fully saturated rings. The Kier molecular flexibility index (Phi) is 8.64. The molecular weight excluding hydrogens is 157 g/mol. The van der Waals surface area contributed by atoms with Crippen LogP contribution in [0.4, 0.5) is 0 Å². The summed E-state index contributed by atoms with van der Waals surface area (Å²) < 4.78 is 0. The summed E-state index contributed by atoms with van der Waals surface area (Å²) in [5, 5.41) is 3.03. The first-order valence-electron chi connectivity index (χ1n) is 4.24. The third-order valence-electron chi connectivity index (χ3n) is 1.78. The van der Waals surface area contributed by atoms with Gasteiger partial charge in [-0.05, 0) is 12.8 Å². The maximum absolute atomic E-state index is 5.37. The van der Waals surface area contributed by atoms with Crippen LogP contribution in [0.25, 0.3) is 0 Å². The quantitative estimate of drug-likeness (QED) is 0.306. The first-order chi connectivity index (χ1) is 5.35. The van der Waals surface area contributed by atoms with Crippen LogP contribution in [0, 0.1) is 0 Å².